The molecule has 4 aromatic rings. The zero-order valence-corrected chi connectivity index (χ0v) is 16.5. The number of carbonyl (C=O) groups excluding carboxylic acids is 1. The molecule has 0 bridgehead atoms. The molecular weight excluding hydrogens is 382 g/mol. The molecule has 0 radical (unpaired) electrons. The van der Waals surface area contributed by atoms with Crippen molar-refractivity contribution >= 4 is 33.8 Å². The lowest BCUT2D eigenvalue weighted by atomic mass is 9.98. The van der Waals surface area contributed by atoms with Crippen molar-refractivity contribution in [1.82, 2.24) is 20.5 Å². The van der Waals surface area contributed by atoms with Crippen molar-refractivity contribution in [2.24, 2.45) is 0 Å². The topological polar surface area (TPSA) is 82.7 Å². The van der Waals surface area contributed by atoms with Gasteiger partial charge in [0.15, 0.2) is 0 Å². The number of benzene rings is 2. The van der Waals surface area contributed by atoms with E-state index in [0.29, 0.717) is 11.6 Å². The first-order valence-corrected chi connectivity index (χ1v) is 10.7. The van der Waals surface area contributed by atoms with E-state index in [9.17, 15) is 4.79 Å². The fourth-order valence-corrected chi connectivity index (χ4v) is 4.86. The zero-order valence-electron chi connectivity index (χ0n) is 15.7. The number of fused-ring (bicyclic) bond motifs is 2. The summed E-state index contributed by atoms with van der Waals surface area (Å²) < 4.78 is 0. The predicted molar refractivity (Wildman–Crippen MR) is 114 cm³/mol. The summed E-state index contributed by atoms with van der Waals surface area (Å²) in [6, 6.07) is 10.5. The van der Waals surface area contributed by atoms with E-state index in [0.717, 1.165) is 45.8 Å². The van der Waals surface area contributed by atoms with Crippen molar-refractivity contribution < 1.29 is 4.79 Å². The lowest BCUT2D eigenvalue weighted by molar-refractivity contribution is 0.102. The Morgan fingerprint density at radius 3 is 2.93 bits per heavy atom. The second-order valence-corrected chi connectivity index (χ2v) is 8.63. The highest BCUT2D eigenvalue weighted by molar-refractivity contribution is 7.10. The summed E-state index contributed by atoms with van der Waals surface area (Å²) in [7, 11) is 0. The first kappa shape index (κ1) is 16.9. The summed E-state index contributed by atoms with van der Waals surface area (Å²) in [4.78, 5) is 17.5. The Balaban J connectivity index is 1.39. The molecular formula is C22H19N5OS. The highest BCUT2D eigenvalue weighted by Gasteiger charge is 2.27. The molecule has 3 heterocycles. The van der Waals surface area contributed by atoms with Gasteiger partial charge in [0.2, 0.25) is 0 Å². The van der Waals surface area contributed by atoms with Crippen LogP contribution in [0.2, 0.25) is 0 Å². The number of aromatic amines is 1. The summed E-state index contributed by atoms with van der Waals surface area (Å²) in [5, 5.41) is 17.6. The van der Waals surface area contributed by atoms with Gasteiger partial charge in [0.25, 0.3) is 5.91 Å². The SMILES string of the molecule is O=C(Nc1cc2[nH]ncc2cc1-c1ccc2c(c1)CNC2)c1csc(C2CC2)n1. The molecule has 0 saturated heterocycles. The van der Waals surface area contributed by atoms with Crippen LogP contribution in [0, 0.1) is 0 Å². The minimum atomic E-state index is -0.170. The number of aromatic nitrogens is 3. The van der Waals surface area contributed by atoms with Crippen LogP contribution in [-0.2, 0) is 13.1 Å². The molecule has 1 fully saturated rings. The molecule has 2 aliphatic rings. The van der Waals surface area contributed by atoms with Crippen molar-refractivity contribution in [3.05, 3.63) is 63.7 Å². The number of carbonyl (C=O) groups is 1. The molecule has 1 aliphatic heterocycles. The third-order valence-electron chi connectivity index (χ3n) is 5.66. The predicted octanol–water partition coefficient (Wildman–Crippen LogP) is 4.42. The summed E-state index contributed by atoms with van der Waals surface area (Å²) in [5.41, 5.74) is 6.86. The minimum Gasteiger partial charge on any atom is -0.320 e. The van der Waals surface area contributed by atoms with Gasteiger partial charge in [0, 0.05) is 35.3 Å². The maximum atomic E-state index is 12.9. The van der Waals surface area contributed by atoms with E-state index < -0.39 is 0 Å². The molecule has 1 aliphatic carbocycles. The van der Waals surface area contributed by atoms with Gasteiger partial charge in [0.1, 0.15) is 5.69 Å². The number of hydrogen-bond acceptors (Lipinski definition) is 5. The van der Waals surface area contributed by atoms with E-state index >= 15 is 0 Å². The maximum absolute atomic E-state index is 12.9. The summed E-state index contributed by atoms with van der Waals surface area (Å²) in [6.07, 6.45) is 4.17. The molecule has 6 rings (SSSR count). The molecule has 7 heteroatoms. The van der Waals surface area contributed by atoms with Crippen LogP contribution in [0.25, 0.3) is 22.0 Å². The van der Waals surface area contributed by atoms with E-state index in [4.69, 9.17) is 0 Å². The Labute approximate surface area is 171 Å². The number of rotatable bonds is 4. The van der Waals surface area contributed by atoms with Gasteiger partial charge in [-0.1, -0.05) is 12.1 Å². The van der Waals surface area contributed by atoms with E-state index in [1.807, 2.05) is 17.6 Å². The van der Waals surface area contributed by atoms with Gasteiger partial charge in [-0.15, -0.1) is 11.3 Å². The van der Waals surface area contributed by atoms with E-state index in [2.05, 4.69) is 50.1 Å². The third-order valence-corrected chi connectivity index (χ3v) is 6.66. The second kappa shape index (κ2) is 6.50. The monoisotopic (exact) mass is 401 g/mol. The highest BCUT2D eigenvalue weighted by atomic mass is 32.1. The van der Waals surface area contributed by atoms with Gasteiger partial charge in [-0.3, -0.25) is 9.89 Å². The van der Waals surface area contributed by atoms with Gasteiger partial charge < -0.3 is 10.6 Å². The molecule has 0 spiro atoms. The van der Waals surface area contributed by atoms with Crippen LogP contribution in [-0.4, -0.2) is 21.1 Å². The van der Waals surface area contributed by atoms with Crippen molar-refractivity contribution in [2.45, 2.75) is 31.8 Å². The third kappa shape index (κ3) is 3.03. The van der Waals surface area contributed by atoms with E-state index in [-0.39, 0.29) is 5.91 Å². The second-order valence-electron chi connectivity index (χ2n) is 7.74. The van der Waals surface area contributed by atoms with E-state index in [1.54, 1.807) is 11.3 Å². The number of thiazole rings is 1. The highest BCUT2D eigenvalue weighted by Crippen LogP contribution is 2.41. The van der Waals surface area contributed by atoms with Crippen molar-refractivity contribution in [3.8, 4) is 11.1 Å². The lowest BCUT2D eigenvalue weighted by Crippen LogP contribution is -2.13. The summed E-state index contributed by atoms with van der Waals surface area (Å²) in [5.74, 6) is 0.384. The summed E-state index contributed by atoms with van der Waals surface area (Å²) in [6.45, 7) is 1.79. The average Bonchev–Trinajstić information content (AvgIpc) is 3.13. The van der Waals surface area contributed by atoms with E-state index in [1.165, 1.54) is 24.0 Å². The van der Waals surface area contributed by atoms with Crippen LogP contribution in [0.4, 0.5) is 5.69 Å². The first-order valence-electron chi connectivity index (χ1n) is 9.81. The number of nitrogens with zero attached hydrogens (tertiary/aromatic N) is 2. The number of H-pyrrole nitrogens is 1. The largest absolute Gasteiger partial charge is 0.320 e. The summed E-state index contributed by atoms with van der Waals surface area (Å²) >= 11 is 1.58. The molecule has 2 aromatic heterocycles. The first-order chi connectivity index (χ1) is 14.2. The molecule has 29 heavy (non-hydrogen) atoms. The Bertz CT molecular complexity index is 1250. The van der Waals surface area contributed by atoms with Gasteiger partial charge in [-0.05, 0) is 47.7 Å². The maximum Gasteiger partial charge on any atom is 0.275 e. The molecule has 1 saturated carbocycles. The van der Waals surface area contributed by atoms with Crippen LogP contribution in [0.3, 0.4) is 0 Å². The molecule has 0 unspecified atom stereocenters. The van der Waals surface area contributed by atoms with Gasteiger partial charge >= 0.3 is 0 Å². The standard InChI is InChI=1S/C22H19N5OS/c28-21(20-11-29-22(26-20)12-1-2-12)25-19-7-18-16(10-24-27-18)6-17(19)13-3-4-14-8-23-9-15(14)5-13/h3-7,10-12,23H,1-2,8-9H2,(H,24,27)(H,25,28). The Morgan fingerprint density at radius 2 is 2.03 bits per heavy atom. The fraction of sp³-hybridized carbons (Fsp3) is 0.227. The quantitative estimate of drug-likeness (QED) is 0.473. The van der Waals surface area contributed by atoms with Crippen LogP contribution in [0.1, 0.15) is 45.4 Å². The van der Waals surface area contributed by atoms with Crippen LogP contribution >= 0.6 is 11.3 Å². The number of amides is 1. The molecule has 144 valence electrons. The normalized spacial score (nSPS) is 15.6. The molecule has 6 nitrogen and oxygen atoms in total. The molecule has 0 atom stereocenters. The molecule has 3 N–H and O–H groups in total. The van der Waals surface area contributed by atoms with Gasteiger partial charge in [-0.25, -0.2) is 4.98 Å². The minimum absolute atomic E-state index is 0.170. The Hall–Kier alpha value is -3.03. The molecule has 1 amide bonds. The van der Waals surface area contributed by atoms with Crippen LogP contribution in [0.15, 0.2) is 41.9 Å². The van der Waals surface area contributed by atoms with Crippen LogP contribution in [0.5, 0.6) is 0 Å². The van der Waals surface area contributed by atoms with Crippen molar-refractivity contribution in [2.75, 3.05) is 5.32 Å². The van der Waals surface area contributed by atoms with Crippen molar-refractivity contribution in [1.29, 1.82) is 0 Å². The number of nitrogens with one attached hydrogen (secondary N) is 3. The van der Waals surface area contributed by atoms with Crippen LogP contribution < -0.4 is 10.6 Å². The van der Waals surface area contributed by atoms with Gasteiger partial charge in [-0.2, -0.15) is 5.10 Å². The lowest BCUT2D eigenvalue weighted by Gasteiger charge is -2.12. The average molecular weight is 401 g/mol. The smallest absolute Gasteiger partial charge is 0.275 e. The van der Waals surface area contributed by atoms with Gasteiger partial charge in [0.05, 0.1) is 22.4 Å². The number of hydrogen-bond donors (Lipinski definition) is 3. The Kier molecular flexibility index (Phi) is 3.79. The number of anilines is 1. The fourth-order valence-electron chi connectivity index (χ4n) is 3.89. The Morgan fingerprint density at radius 1 is 1.14 bits per heavy atom. The van der Waals surface area contributed by atoms with Crippen molar-refractivity contribution in [3.63, 3.8) is 0 Å². The zero-order chi connectivity index (χ0) is 19.4. The molecule has 2 aromatic carbocycles.